The molecule has 1 aromatic rings. The monoisotopic (exact) mass is 331 g/mol. The number of carbonyl (C=O) groups is 2. The van der Waals surface area contributed by atoms with Crippen molar-refractivity contribution in [2.45, 2.75) is 51.0 Å². The minimum Gasteiger partial charge on any atom is -0.477 e. The zero-order valence-electron chi connectivity index (χ0n) is 14.5. The number of carbonyl (C=O) groups excluding carboxylic acids is 2. The van der Waals surface area contributed by atoms with E-state index < -0.39 is 5.54 Å². The predicted molar refractivity (Wildman–Crippen MR) is 90.0 cm³/mol. The third-order valence-electron chi connectivity index (χ3n) is 4.52. The first-order valence-electron chi connectivity index (χ1n) is 8.59. The number of rotatable bonds is 7. The fourth-order valence-electron chi connectivity index (χ4n) is 2.64. The fourth-order valence-corrected chi connectivity index (χ4v) is 2.64. The van der Waals surface area contributed by atoms with Crippen molar-refractivity contribution in [2.75, 3.05) is 13.7 Å². The number of amides is 2. The van der Waals surface area contributed by atoms with Gasteiger partial charge in [0.15, 0.2) is 0 Å². The molecule has 3 rings (SSSR count). The van der Waals surface area contributed by atoms with Gasteiger partial charge in [0, 0.05) is 13.1 Å². The molecule has 1 aromatic heterocycles. The molecular weight excluding hydrogens is 306 g/mol. The van der Waals surface area contributed by atoms with Crippen molar-refractivity contribution < 1.29 is 14.3 Å². The Morgan fingerprint density at radius 2 is 1.96 bits per heavy atom. The van der Waals surface area contributed by atoms with Gasteiger partial charge in [0.1, 0.15) is 11.2 Å². The van der Waals surface area contributed by atoms with Crippen LogP contribution in [0.15, 0.2) is 12.1 Å². The molecule has 0 aliphatic heterocycles. The molecule has 2 aliphatic rings. The van der Waals surface area contributed by atoms with Crippen molar-refractivity contribution in [3.63, 3.8) is 0 Å². The number of likely N-dealkylation sites (N-methyl/N-ethyl adjacent to an activating group) is 1. The molecule has 0 aromatic carbocycles. The Hall–Kier alpha value is -2.11. The molecule has 0 atom stereocenters. The van der Waals surface area contributed by atoms with Gasteiger partial charge in [0.05, 0.1) is 6.61 Å². The molecule has 6 heteroatoms. The first-order chi connectivity index (χ1) is 11.4. The van der Waals surface area contributed by atoms with E-state index in [0.29, 0.717) is 30.0 Å². The zero-order chi connectivity index (χ0) is 17.3. The summed E-state index contributed by atoms with van der Waals surface area (Å²) in [5, 5.41) is 5.35. The minimum atomic E-state index is -1.00. The lowest BCUT2D eigenvalue weighted by Gasteiger charge is -2.24. The lowest BCUT2D eigenvalue weighted by atomic mass is 10.0. The molecular formula is C18H25N3O3. The highest BCUT2D eigenvalue weighted by atomic mass is 16.5. The molecule has 6 nitrogen and oxygen atoms in total. The van der Waals surface area contributed by atoms with Gasteiger partial charge in [-0.1, -0.05) is 6.07 Å². The van der Waals surface area contributed by atoms with E-state index in [-0.39, 0.29) is 11.8 Å². The van der Waals surface area contributed by atoms with Gasteiger partial charge in [-0.3, -0.25) is 9.59 Å². The standard InChI is InChI=1S/C18H25N3O3/c1-18(2,17(23)19-3)21-16(22)15-13(12-6-7-12)8-9-14(20-15)24-10-11-4-5-11/h8-9,11-12H,4-7,10H2,1-3H3,(H,19,23)(H,21,22). The topological polar surface area (TPSA) is 80.3 Å². The average molecular weight is 331 g/mol. The highest BCUT2D eigenvalue weighted by Gasteiger charge is 2.34. The predicted octanol–water partition coefficient (Wildman–Crippen LogP) is 2.00. The van der Waals surface area contributed by atoms with E-state index in [1.165, 1.54) is 12.8 Å². The van der Waals surface area contributed by atoms with Gasteiger partial charge >= 0.3 is 0 Å². The van der Waals surface area contributed by atoms with Crippen LogP contribution in [0.2, 0.25) is 0 Å². The summed E-state index contributed by atoms with van der Waals surface area (Å²) >= 11 is 0. The molecule has 0 saturated heterocycles. The number of hydrogen-bond donors (Lipinski definition) is 2. The Labute approximate surface area is 142 Å². The number of nitrogens with zero attached hydrogens (tertiary/aromatic N) is 1. The number of nitrogens with one attached hydrogen (secondary N) is 2. The first kappa shape index (κ1) is 16.7. The summed E-state index contributed by atoms with van der Waals surface area (Å²) in [5.41, 5.74) is 0.320. The first-order valence-corrected chi connectivity index (χ1v) is 8.59. The molecule has 2 amide bonds. The molecule has 1 heterocycles. The number of pyridine rings is 1. The Bertz CT molecular complexity index is 649. The fraction of sp³-hybridized carbons (Fsp3) is 0.611. The smallest absolute Gasteiger partial charge is 0.271 e. The number of ether oxygens (including phenoxy) is 1. The lowest BCUT2D eigenvalue weighted by Crippen LogP contribution is -2.54. The average Bonchev–Trinajstić information content (AvgIpc) is 3.45. The quantitative estimate of drug-likeness (QED) is 0.801. The molecule has 0 spiro atoms. The number of hydrogen-bond acceptors (Lipinski definition) is 4. The second-order valence-corrected chi connectivity index (χ2v) is 7.27. The lowest BCUT2D eigenvalue weighted by molar-refractivity contribution is -0.125. The molecule has 2 aliphatic carbocycles. The van der Waals surface area contributed by atoms with Crippen LogP contribution in [0.25, 0.3) is 0 Å². The van der Waals surface area contributed by atoms with Crippen LogP contribution in [-0.2, 0) is 4.79 Å². The minimum absolute atomic E-state index is 0.245. The second-order valence-electron chi connectivity index (χ2n) is 7.27. The molecule has 24 heavy (non-hydrogen) atoms. The van der Waals surface area contributed by atoms with Crippen LogP contribution in [0.5, 0.6) is 5.88 Å². The summed E-state index contributed by atoms with van der Waals surface area (Å²) in [6.45, 7) is 4.00. The highest BCUT2D eigenvalue weighted by Crippen LogP contribution is 2.42. The van der Waals surface area contributed by atoms with Crippen molar-refractivity contribution >= 4 is 11.8 Å². The van der Waals surface area contributed by atoms with Crippen molar-refractivity contribution in [2.24, 2.45) is 5.92 Å². The van der Waals surface area contributed by atoms with Crippen LogP contribution in [0.1, 0.15) is 61.5 Å². The van der Waals surface area contributed by atoms with Crippen molar-refractivity contribution in [1.29, 1.82) is 0 Å². The van der Waals surface area contributed by atoms with E-state index in [1.54, 1.807) is 20.9 Å². The third kappa shape index (κ3) is 3.86. The van der Waals surface area contributed by atoms with E-state index in [4.69, 9.17) is 4.74 Å². The summed E-state index contributed by atoms with van der Waals surface area (Å²) in [5.74, 6) is 0.916. The van der Waals surface area contributed by atoms with Crippen LogP contribution in [-0.4, -0.2) is 36.0 Å². The largest absolute Gasteiger partial charge is 0.477 e. The van der Waals surface area contributed by atoms with E-state index in [9.17, 15) is 9.59 Å². The van der Waals surface area contributed by atoms with Gasteiger partial charge in [0.2, 0.25) is 11.8 Å². The zero-order valence-corrected chi connectivity index (χ0v) is 14.5. The van der Waals surface area contributed by atoms with E-state index in [0.717, 1.165) is 18.4 Å². The third-order valence-corrected chi connectivity index (χ3v) is 4.52. The van der Waals surface area contributed by atoms with Gasteiger partial charge in [-0.25, -0.2) is 4.98 Å². The molecule has 0 bridgehead atoms. The Kier molecular flexibility index (Phi) is 4.47. The molecule has 0 radical (unpaired) electrons. The summed E-state index contributed by atoms with van der Waals surface area (Å²) in [6, 6.07) is 3.78. The molecule has 2 N–H and O–H groups in total. The molecule has 130 valence electrons. The molecule has 2 saturated carbocycles. The van der Waals surface area contributed by atoms with Gasteiger partial charge in [-0.2, -0.15) is 0 Å². The Morgan fingerprint density at radius 1 is 1.25 bits per heavy atom. The van der Waals surface area contributed by atoms with Gasteiger partial charge in [0.25, 0.3) is 5.91 Å². The van der Waals surface area contributed by atoms with Crippen molar-refractivity contribution in [3.8, 4) is 5.88 Å². The van der Waals surface area contributed by atoms with Crippen LogP contribution in [0, 0.1) is 5.92 Å². The summed E-state index contributed by atoms with van der Waals surface area (Å²) in [6.07, 6.45) is 4.55. The maximum absolute atomic E-state index is 12.7. The maximum Gasteiger partial charge on any atom is 0.271 e. The highest BCUT2D eigenvalue weighted by molar-refractivity contribution is 5.98. The van der Waals surface area contributed by atoms with Crippen LogP contribution in [0.4, 0.5) is 0 Å². The van der Waals surface area contributed by atoms with Gasteiger partial charge < -0.3 is 15.4 Å². The van der Waals surface area contributed by atoms with Gasteiger partial charge in [-0.05, 0) is 56.9 Å². The molecule has 0 unspecified atom stereocenters. The van der Waals surface area contributed by atoms with Crippen LogP contribution < -0.4 is 15.4 Å². The van der Waals surface area contributed by atoms with E-state index >= 15 is 0 Å². The summed E-state index contributed by atoms with van der Waals surface area (Å²) in [7, 11) is 1.55. The van der Waals surface area contributed by atoms with Gasteiger partial charge in [-0.15, -0.1) is 0 Å². The summed E-state index contributed by atoms with van der Waals surface area (Å²) in [4.78, 5) is 29.1. The Balaban J connectivity index is 1.78. The molecule has 2 fully saturated rings. The summed E-state index contributed by atoms with van der Waals surface area (Å²) < 4.78 is 5.70. The maximum atomic E-state index is 12.7. The number of aromatic nitrogens is 1. The Morgan fingerprint density at radius 3 is 2.54 bits per heavy atom. The van der Waals surface area contributed by atoms with E-state index in [1.807, 2.05) is 12.1 Å². The van der Waals surface area contributed by atoms with Crippen molar-refractivity contribution in [1.82, 2.24) is 15.6 Å². The SMILES string of the molecule is CNC(=O)C(C)(C)NC(=O)c1nc(OCC2CC2)ccc1C1CC1. The van der Waals surface area contributed by atoms with Crippen molar-refractivity contribution in [3.05, 3.63) is 23.4 Å². The van der Waals surface area contributed by atoms with Crippen LogP contribution in [0.3, 0.4) is 0 Å². The normalized spacial score (nSPS) is 17.3. The van der Waals surface area contributed by atoms with E-state index in [2.05, 4.69) is 15.6 Å². The van der Waals surface area contributed by atoms with Crippen LogP contribution >= 0.6 is 0 Å². The second kappa shape index (κ2) is 6.42.